The summed E-state index contributed by atoms with van der Waals surface area (Å²) in [7, 11) is 1.61. The van der Waals surface area contributed by atoms with Crippen molar-refractivity contribution in [2.75, 3.05) is 7.11 Å². The number of hydrazone groups is 1. The van der Waals surface area contributed by atoms with Crippen LogP contribution in [0.15, 0.2) is 58.4 Å². The molecule has 1 aromatic carbocycles. The molecule has 0 radical (unpaired) electrons. The maximum Gasteiger partial charge on any atom is 0.305 e. The van der Waals surface area contributed by atoms with Crippen molar-refractivity contribution < 1.29 is 14.1 Å². The van der Waals surface area contributed by atoms with E-state index >= 15 is 0 Å². The maximum atomic E-state index is 11.7. The highest BCUT2D eigenvalue weighted by atomic mass is 79.9. The van der Waals surface area contributed by atoms with E-state index in [1.165, 1.54) is 0 Å². The molecule has 0 atom stereocenters. The molecular formula is C15H15BrN3O2+. The number of halogens is 1. The number of ether oxygens (including phenoxy) is 1. The minimum Gasteiger partial charge on any atom is -0.496 e. The van der Waals surface area contributed by atoms with Crippen LogP contribution in [-0.4, -0.2) is 19.2 Å². The highest BCUT2D eigenvalue weighted by Gasteiger charge is 2.06. The maximum absolute atomic E-state index is 11.7. The average Bonchev–Trinajstić information content (AvgIpc) is 2.48. The van der Waals surface area contributed by atoms with Crippen molar-refractivity contribution in [2.45, 2.75) is 6.54 Å². The van der Waals surface area contributed by atoms with E-state index < -0.39 is 0 Å². The van der Waals surface area contributed by atoms with Crippen LogP contribution >= 0.6 is 15.9 Å². The van der Waals surface area contributed by atoms with E-state index in [0.717, 1.165) is 15.8 Å². The molecule has 0 aliphatic rings. The van der Waals surface area contributed by atoms with E-state index in [2.05, 4.69) is 26.5 Å². The molecule has 1 heterocycles. The number of hydrogen-bond acceptors (Lipinski definition) is 3. The fraction of sp³-hybridized carbons (Fsp3) is 0.133. The predicted molar refractivity (Wildman–Crippen MR) is 83.1 cm³/mol. The van der Waals surface area contributed by atoms with Gasteiger partial charge in [0, 0.05) is 12.1 Å². The van der Waals surface area contributed by atoms with Gasteiger partial charge in [0.25, 0.3) is 0 Å². The van der Waals surface area contributed by atoms with E-state index in [9.17, 15) is 4.79 Å². The number of nitrogens with zero attached hydrogens (tertiary/aromatic N) is 2. The lowest BCUT2D eigenvalue weighted by atomic mass is 10.2. The Morgan fingerprint density at radius 1 is 1.38 bits per heavy atom. The molecule has 1 N–H and O–H groups in total. The Morgan fingerprint density at radius 2 is 2.14 bits per heavy atom. The van der Waals surface area contributed by atoms with Crippen LogP contribution in [0.1, 0.15) is 5.56 Å². The van der Waals surface area contributed by atoms with E-state index in [1.54, 1.807) is 17.9 Å². The van der Waals surface area contributed by atoms with Gasteiger partial charge >= 0.3 is 5.91 Å². The summed E-state index contributed by atoms with van der Waals surface area (Å²) in [5.74, 6) is 0.562. The molecule has 5 nitrogen and oxygen atoms in total. The first-order chi connectivity index (χ1) is 10.2. The number of hydrogen-bond donors (Lipinski definition) is 1. The van der Waals surface area contributed by atoms with Gasteiger partial charge in [-0.05, 0) is 39.7 Å². The Balaban J connectivity index is 1.90. The molecular weight excluding hydrogens is 334 g/mol. The van der Waals surface area contributed by atoms with Crippen LogP contribution in [0.3, 0.4) is 0 Å². The zero-order valence-corrected chi connectivity index (χ0v) is 13.1. The number of carbonyl (C=O) groups is 1. The Hall–Kier alpha value is -2.21. The summed E-state index contributed by atoms with van der Waals surface area (Å²) >= 11 is 3.40. The highest BCUT2D eigenvalue weighted by molar-refractivity contribution is 9.10. The second kappa shape index (κ2) is 7.54. The minimum atomic E-state index is -0.185. The molecule has 0 saturated carbocycles. The normalized spacial score (nSPS) is 10.6. The molecule has 0 spiro atoms. The Bertz CT molecular complexity index is 645. The smallest absolute Gasteiger partial charge is 0.305 e. The van der Waals surface area contributed by atoms with Crippen LogP contribution < -0.4 is 14.7 Å². The van der Waals surface area contributed by atoms with Gasteiger partial charge in [0.05, 0.1) is 17.8 Å². The molecule has 0 aliphatic heterocycles. The van der Waals surface area contributed by atoms with Gasteiger partial charge in [-0.25, -0.2) is 5.43 Å². The summed E-state index contributed by atoms with van der Waals surface area (Å²) in [6, 6.07) is 11.2. The van der Waals surface area contributed by atoms with Gasteiger partial charge in [0.2, 0.25) is 6.54 Å². The second-order valence-electron chi connectivity index (χ2n) is 4.23. The zero-order valence-electron chi connectivity index (χ0n) is 11.5. The number of benzene rings is 1. The van der Waals surface area contributed by atoms with E-state index in [-0.39, 0.29) is 12.5 Å². The first kappa shape index (κ1) is 15.2. The van der Waals surface area contributed by atoms with E-state index in [4.69, 9.17) is 4.74 Å². The zero-order chi connectivity index (χ0) is 15.1. The van der Waals surface area contributed by atoms with Gasteiger partial charge in [-0.3, -0.25) is 4.79 Å². The Labute approximate surface area is 131 Å². The van der Waals surface area contributed by atoms with Crippen molar-refractivity contribution >= 4 is 28.1 Å². The topological polar surface area (TPSA) is 54.6 Å². The van der Waals surface area contributed by atoms with Crippen LogP contribution in [0.2, 0.25) is 0 Å². The van der Waals surface area contributed by atoms with Crippen molar-refractivity contribution in [1.29, 1.82) is 0 Å². The molecule has 0 fully saturated rings. The summed E-state index contributed by atoms with van der Waals surface area (Å²) in [5, 5.41) is 3.93. The number of carbonyl (C=O) groups excluding carboxylic acids is 1. The fourth-order valence-electron chi connectivity index (χ4n) is 1.68. The average molecular weight is 349 g/mol. The van der Waals surface area contributed by atoms with Crippen LogP contribution in [0.4, 0.5) is 0 Å². The second-order valence-corrected chi connectivity index (χ2v) is 5.09. The van der Waals surface area contributed by atoms with Crippen LogP contribution in [-0.2, 0) is 11.3 Å². The predicted octanol–water partition coefficient (Wildman–Crippen LogP) is 1.90. The number of methoxy groups -OCH3 is 1. The lowest BCUT2D eigenvalue weighted by Gasteiger charge is -2.03. The van der Waals surface area contributed by atoms with Gasteiger partial charge < -0.3 is 4.74 Å². The Kier molecular flexibility index (Phi) is 5.45. The quantitative estimate of drug-likeness (QED) is 0.509. The number of pyridine rings is 1. The molecule has 6 heteroatoms. The number of nitrogens with one attached hydrogen (secondary N) is 1. The van der Waals surface area contributed by atoms with Crippen molar-refractivity contribution in [3.05, 3.63) is 58.8 Å². The molecule has 0 saturated heterocycles. The largest absolute Gasteiger partial charge is 0.496 e. The molecule has 2 aromatic rings. The molecule has 1 aromatic heterocycles. The molecule has 0 unspecified atom stereocenters. The first-order valence-electron chi connectivity index (χ1n) is 6.28. The van der Waals surface area contributed by atoms with E-state index in [1.807, 2.05) is 48.8 Å². The molecule has 0 aliphatic carbocycles. The third-order valence-corrected chi connectivity index (χ3v) is 3.30. The SMILES string of the molecule is COc1ccc(/C=N\NC(=O)C[n+]2ccccc2)cc1Br. The molecule has 1 amide bonds. The number of rotatable bonds is 5. The lowest BCUT2D eigenvalue weighted by Crippen LogP contribution is -2.40. The molecule has 2 rings (SSSR count). The van der Waals surface area contributed by atoms with E-state index in [0.29, 0.717) is 0 Å². The van der Waals surface area contributed by atoms with Gasteiger partial charge in [0.1, 0.15) is 5.75 Å². The third-order valence-electron chi connectivity index (χ3n) is 2.68. The van der Waals surface area contributed by atoms with Gasteiger partial charge in [0.15, 0.2) is 12.4 Å². The summed E-state index contributed by atoms with van der Waals surface area (Å²) < 4.78 is 7.75. The summed E-state index contributed by atoms with van der Waals surface area (Å²) in [6.07, 6.45) is 5.23. The first-order valence-corrected chi connectivity index (χ1v) is 7.08. The van der Waals surface area contributed by atoms with Crippen molar-refractivity contribution in [3.8, 4) is 5.75 Å². The van der Waals surface area contributed by atoms with Crippen LogP contribution in [0.5, 0.6) is 5.75 Å². The van der Waals surface area contributed by atoms with Crippen molar-refractivity contribution in [3.63, 3.8) is 0 Å². The van der Waals surface area contributed by atoms with Gasteiger partial charge in [-0.2, -0.15) is 9.67 Å². The van der Waals surface area contributed by atoms with Crippen LogP contribution in [0, 0.1) is 0 Å². The minimum absolute atomic E-state index is 0.185. The molecule has 0 bridgehead atoms. The number of amides is 1. The fourth-order valence-corrected chi connectivity index (χ4v) is 2.24. The monoisotopic (exact) mass is 348 g/mol. The lowest BCUT2D eigenvalue weighted by molar-refractivity contribution is -0.684. The van der Waals surface area contributed by atoms with Crippen molar-refractivity contribution in [2.24, 2.45) is 5.10 Å². The van der Waals surface area contributed by atoms with Gasteiger partial charge in [-0.15, -0.1) is 0 Å². The summed E-state index contributed by atoms with van der Waals surface area (Å²) in [5.41, 5.74) is 3.35. The Morgan fingerprint density at radius 3 is 2.81 bits per heavy atom. The summed E-state index contributed by atoms with van der Waals surface area (Å²) in [6.45, 7) is 0.227. The summed E-state index contributed by atoms with van der Waals surface area (Å²) in [4.78, 5) is 11.7. The highest BCUT2D eigenvalue weighted by Crippen LogP contribution is 2.24. The van der Waals surface area contributed by atoms with Crippen LogP contribution in [0.25, 0.3) is 0 Å². The third kappa shape index (κ3) is 4.68. The van der Waals surface area contributed by atoms with Gasteiger partial charge in [-0.1, -0.05) is 6.07 Å². The molecule has 21 heavy (non-hydrogen) atoms. The van der Waals surface area contributed by atoms with Crippen molar-refractivity contribution in [1.82, 2.24) is 5.43 Å². The standard InChI is InChI=1S/C15H14BrN3O2/c1-21-14-6-5-12(9-13(14)16)10-17-18-15(20)11-19-7-3-2-4-8-19/h2-10H,11H2,1H3/p+1/b17-10-. The number of aromatic nitrogens is 1. The molecule has 108 valence electrons.